The molecule has 1 amide bonds. The number of hydrogen-bond acceptors (Lipinski definition) is 3. The molecule has 2 N–H and O–H groups in total. The molecular weight excluding hydrogens is 262 g/mol. The Bertz CT molecular complexity index is 335. The van der Waals surface area contributed by atoms with Gasteiger partial charge in [0.05, 0.1) is 6.54 Å². The Morgan fingerprint density at radius 2 is 1.86 bits per heavy atom. The maximum absolute atomic E-state index is 12.1. The standard InChI is InChI=1S/C17H35N3O/c1-7-20(12-16(21)19(5)6)15-10-14(17(2,3)4)9-8-13(15)11-18/h13-15H,7-12,18H2,1-6H3. The molecule has 3 unspecified atom stereocenters. The summed E-state index contributed by atoms with van der Waals surface area (Å²) in [7, 11) is 3.66. The normalized spacial score (nSPS) is 27.0. The van der Waals surface area contributed by atoms with Gasteiger partial charge >= 0.3 is 0 Å². The van der Waals surface area contributed by atoms with Crippen LogP contribution in [0.25, 0.3) is 0 Å². The van der Waals surface area contributed by atoms with E-state index in [-0.39, 0.29) is 5.91 Å². The zero-order chi connectivity index (χ0) is 16.2. The van der Waals surface area contributed by atoms with Crippen molar-refractivity contribution >= 4 is 5.91 Å². The molecule has 0 bridgehead atoms. The molecule has 0 aromatic rings. The van der Waals surface area contributed by atoms with Gasteiger partial charge in [0.25, 0.3) is 0 Å². The third-order valence-corrected chi connectivity index (χ3v) is 5.20. The van der Waals surface area contributed by atoms with Gasteiger partial charge in [-0.3, -0.25) is 9.69 Å². The molecule has 21 heavy (non-hydrogen) atoms. The van der Waals surface area contributed by atoms with Gasteiger partial charge in [-0.2, -0.15) is 0 Å². The first-order chi connectivity index (χ1) is 9.70. The lowest BCUT2D eigenvalue weighted by Gasteiger charge is -2.46. The highest BCUT2D eigenvalue weighted by molar-refractivity contribution is 5.77. The molecule has 0 radical (unpaired) electrons. The summed E-state index contributed by atoms with van der Waals surface area (Å²) in [6.45, 7) is 11.3. The maximum Gasteiger partial charge on any atom is 0.236 e. The summed E-state index contributed by atoms with van der Waals surface area (Å²) >= 11 is 0. The van der Waals surface area contributed by atoms with E-state index in [0.29, 0.717) is 29.8 Å². The third-order valence-electron chi connectivity index (χ3n) is 5.20. The predicted molar refractivity (Wildman–Crippen MR) is 89.1 cm³/mol. The van der Waals surface area contributed by atoms with E-state index in [4.69, 9.17) is 5.73 Å². The minimum absolute atomic E-state index is 0.186. The SMILES string of the molecule is CCN(CC(=O)N(C)C)C1CC(C(C)(C)C)CCC1CN. The van der Waals surface area contributed by atoms with Gasteiger partial charge in [0, 0.05) is 20.1 Å². The van der Waals surface area contributed by atoms with Crippen LogP contribution in [0.2, 0.25) is 0 Å². The second-order valence-corrected chi connectivity index (χ2v) is 7.79. The molecule has 1 fully saturated rings. The summed E-state index contributed by atoms with van der Waals surface area (Å²) in [6, 6.07) is 0.446. The number of nitrogens with zero attached hydrogens (tertiary/aromatic N) is 2. The Hall–Kier alpha value is -0.610. The highest BCUT2D eigenvalue weighted by atomic mass is 16.2. The van der Waals surface area contributed by atoms with E-state index in [9.17, 15) is 4.79 Å². The fraction of sp³-hybridized carbons (Fsp3) is 0.941. The van der Waals surface area contributed by atoms with Crippen LogP contribution >= 0.6 is 0 Å². The molecule has 4 heteroatoms. The Morgan fingerprint density at radius 1 is 1.24 bits per heavy atom. The molecule has 0 spiro atoms. The molecule has 0 aromatic carbocycles. The monoisotopic (exact) mass is 297 g/mol. The van der Waals surface area contributed by atoms with Gasteiger partial charge in [-0.15, -0.1) is 0 Å². The fourth-order valence-electron chi connectivity index (χ4n) is 3.50. The van der Waals surface area contributed by atoms with Crippen LogP contribution in [0.5, 0.6) is 0 Å². The average molecular weight is 297 g/mol. The molecular formula is C17H35N3O. The van der Waals surface area contributed by atoms with E-state index >= 15 is 0 Å². The number of likely N-dealkylation sites (N-methyl/N-ethyl adjacent to an activating group) is 2. The maximum atomic E-state index is 12.1. The van der Waals surface area contributed by atoms with E-state index < -0.39 is 0 Å². The van der Waals surface area contributed by atoms with Crippen molar-refractivity contribution in [1.82, 2.24) is 9.80 Å². The Morgan fingerprint density at radius 3 is 2.29 bits per heavy atom. The van der Waals surface area contributed by atoms with E-state index in [1.165, 1.54) is 19.3 Å². The molecule has 1 aliphatic carbocycles. The van der Waals surface area contributed by atoms with Gasteiger partial charge in [0.1, 0.15) is 0 Å². The highest BCUT2D eigenvalue weighted by Crippen LogP contribution is 2.41. The Kier molecular flexibility index (Phi) is 6.67. The molecule has 3 atom stereocenters. The summed E-state index contributed by atoms with van der Waals surface area (Å²) in [5.41, 5.74) is 6.35. The van der Waals surface area contributed by atoms with Crippen molar-refractivity contribution in [3.8, 4) is 0 Å². The molecule has 124 valence electrons. The van der Waals surface area contributed by atoms with Crippen LogP contribution in [0, 0.1) is 17.3 Å². The molecule has 0 heterocycles. The number of carbonyl (C=O) groups excluding carboxylic acids is 1. The van der Waals surface area contributed by atoms with Crippen LogP contribution in [-0.2, 0) is 4.79 Å². The summed E-state index contributed by atoms with van der Waals surface area (Å²) in [5.74, 6) is 1.43. The van der Waals surface area contributed by atoms with Gasteiger partial charge in [-0.1, -0.05) is 27.7 Å². The minimum Gasteiger partial charge on any atom is -0.348 e. The zero-order valence-electron chi connectivity index (χ0n) is 14.9. The van der Waals surface area contributed by atoms with Crippen LogP contribution in [0.1, 0.15) is 47.0 Å². The van der Waals surface area contributed by atoms with Gasteiger partial charge in [-0.05, 0) is 49.6 Å². The van der Waals surface area contributed by atoms with Crippen molar-refractivity contribution < 1.29 is 4.79 Å². The summed E-state index contributed by atoms with van der Waals surface area (Å²) in [4.78, 5) is 16.1. The van der Waals surface area contributed by atoms with Crippen LogP contribution in [0.3, 0.4) is 0 Å². The topological polar surface area (TPSA) is 49.6 Å². The largest absolute Gasteiger partial charge is 0.348 e. The van der Waals surface area contributed by atoms with E-state index in [0.717, 1.165) is 13.1 Å². The molecule has 0 aromatic heterocycles. The first-order valence-electron chi connectivity index (χ1n) is 8.34. The van der Waals surface area contributed by atoms with Crippen molar-refractivity contribution in [2.75, 3.05) is 33.7 Å². The summed E-state index contributed by atoms with van der Waals surface area (Å²) < 4.78 is 0. The second kappa shape index (κ2) is 7.59. The Labute approximate surface area is 131 Å². The van der Waals surface area contributed by atoms with E-state index in [2.05, 4.69) is 32.6 Å². The predicted octanol–water partition coefficient (Wildman–Crippen LogP) is 2.19. The smallest absolute Gasteiger partial charge is 0.236 e. The van der Waals surface area contributed by atoms with Crippen molar-refractivity contribution in [1.29, 1.82) is 0 Å². The minimum atomic E-state index is 0.186. The molecule has 1 aliphatic rings. The summed E-state index contributed by atoms with van der Waals surface area (Å²) in [6.07, 6.45) is 3.62. The first kappa shape index (κ1) is 18.4. The van der Waals surface area contributed by atoms with Crippen molar-refractivity contribution in [2.24, 2.45) is 23.0 Å². The molecule has 0 aliphatic heterocycles. The van der Waals surface area contributed by atoms with Crippen LogP contribution in [0.15, 0.2) is 0 Å². The van der Waals surface area contributed by atoms with Gasteiger partial charge in [-0.25, -0.2) is 0 Å². The molecule has 1 saturated carbocycles. The van der Waals surface area contributed by atoms with E-state index in [1.807, 2.05) is 14.1 Å². The average Bonchev–Trinajstić information content (AvgIpc) is 2.42. The quantitative estimate of drug-likeness (QED) is 0.846. The van der Waals surface area contributed by atoms with Gasteiger partial charge in [0.15, 0.2) is 0 Å². The van der Waals surface area contributed by atoms with Gasteiger partial charge < -0.3 is 10.6 Å². The third kappa shape index (κ3) is 4.96. The van der Waals surface area contributed by atoms with Gasteiger partial charge in [0.2, 0.25) is 5.91 Å². The first-order valence-corrected chi connectivity index (χ1v) is 8.34. The molecule has 0 saturated heterocycles. The summed E-state index contributed by atoms with van der Waals surface area (Å²) in [5, 5.41) is 0. The fourth-order valence-corrected chi connectivity index (χ4v) is 3.50. The van der Waals surface area contributed by atoms with Crippen molar-refractivity contribution in [3.05, 3.63) is 0 Å². The molecule has 4 nitrogen and oxygen atoms in total. The van der Waals surface area contributed by atoms with Crippen LogP contribution < -0.4 is 5.73 Å². The van der Waals surface area contributed by atoms with Crippen molar-refractivity contribution in [3.63, 3.8) is 0 Å². The number of amides is 1. The lowest BCUT2D eigenvalue weighted by molar-refractivity contribution is -0.131. The van der Waals surface area contributed by atoms with Crippen molar-refractivity contribution in [2.45, 2.75) is 53.0 Å². The van der Waals surface area contributed by atoms with Crippen LogP contribution in [-0.4, -0.2) is 55.5 Å². The number of carbonyl (C=O) groups is 1. The Balaban J connectivity index is 2.83. The number of hydrogen-bond donors (Lipinski definition) is 1. The van der Waals surface area contributed by atoms with Crippen LogP contribution in [0.4, 0.5) is 0 Å². The molecule has 1 rings (SSSR count). The lowest BCUT2D eigenvalue weighted by atomic mass is 9.67. The zero-order valence-corrected chi connectivity index (χ0v) is 14.9. The number of rotatable bonds is 5. The van der Waals surface area contributed by atoms with E-state index in [1.54, 1.807) is 4.90 Å². The highest BCUT2D eigenvalue weighted by Gasteiger charge is 2.38. The lowest BCUT2D eigenvalue weighted by Crippen LogP contribution is -2.51. The number of nitrogens with two attached hydrogens (primary N) is 1. The second-order valence-electron chi connectivity index (χ2n) is 7.79.